The third-order valence-electron chi connectivity index (χ3n) is 2.11. The van der Waals surface area contributed by atoms with Gasteiger partial charge < -0.3 is 0 Å². The number of hydrogen-bond donors (Lipinski definition) is 1. The van der Waals surface area contributed by atoms with Gasteiger partial charge in [-0.15, -0.1) is 0 Å². The standard InChI is InChI=1S/C9H21BrN2O2S/c1-4-12(5-2)15(13,14)11-8-6-7-9(3)10/h9,11H,4-8H2,1-3H3. The van der Waals surface area contributed by atoms with Gasteiger partial charge in [-0.05, 0) is 12.8 Å². The summed E-state index contributed by atoms with van der Waals surface area (Å²) in [7, 11) is -3.25. The van der Waals surface area contributed by atoms with Gasteiger partial charge in [0.25, 0.3) is 10.2 Å². The predicted molar refractivity (Wildman–Crippen MR) is 67.5 cm³/mol. The van der Waals surface area contributed by atoms with Crippen molar-refractivity contribution in [3.05, 3.63) is 0 Å². The van der Waals surface area contributed by atoms with Crippen LogP contribution in [-0.4, -0.2) is 37.2 Å². The molecule has 0 fully saturated rings. The van der Waals surface area contributed by atoms with Gasteiger partial charge in [-0.3, -0.25) is 0 Å². The molecule has 1 atom stereocenters. The average molecular weight is 301 g/mol. The van der Waals surface area contributed by atoms with Gasteiger partial charge in [0.2, 0.25) is 0 Å². The van der Waals surface area contributed by atoms with Crippen molar-refractivity contribution < 1.29 is 8.42 Å². The van der Waals surface area contributed by atoms with E-state index in [0.29, 0.717) is 24.5 Å². The highest BCUT2D eigenvalue weighted by atomic mass is 79.9. The SMILES string of the molecule is CCN(CC)S(=O)(=O)NCCCC(C)Br. The van der Waals surface area contributed by atoms with Crippen LogP contribution in [-0.2, 0) is 10.2 Å². The fraction of sp³-hybridized carbons (Fsp3) is 1.00. The van der Waals surface area contributed by atoms with Crippen LogP contribution in [0.5, 0.6) is 0 Å². The number of alkyl halides is 1. The molecule has 1 N–H and O–H groups in total. The van der Waals surface area contributed by atoms with Gasteiger partial charge in [0.05, 0.1) is 0 Å². The van der Waals surface area contributed by atoms with Gasteiger partial charge in [0, 0.05) is 24.5 Å². The Morgan fingerprint density at radius 1 is 1.33 bits per heavy atom. The molecule has 0 radical (unpaired) electrons. The third kappa shape index (κ3) is 6.50. The molecule has 6 heteroatoms. The molecule has 0 rings (SSSR count). The van der Waals surface area contributed by atoms with E-state index in [0.717, 1.165) is 12.8 Å². The second kappa shape index (κ2) is 7.60. The molecular formula is C9H21BrN2O2S. The van der Waals surface area contributed by atoms with E-state index in [9.17, 15) is 8.42 Å². The van der Waals surface area contributed by atoms with Gasteiger partial charge in [-0.2, -0.15) is 12.7 Å². The number of halogens is 1. The van der Waals surface area contributed by atoms with Gasteiger partial charge in [0.1, 0.15) is 0 Å². The molecule has 0 amide bonds. The second-order valence-electron chi connectivity index (χ2n) is 3.41. The van der Waals surface area contributed by atoms with Crippen LogP contribution in [0, 0.1) is 0 Å². The summed E-state index contributed by atoms with van der Waals surface area (Å²) in [5.74, 6) is 0. The first-order valence-corrected chi connectivity index (χ1v) is 7.68. The summed E-state index contributed by atoms with van der Waals surface area (Å²) < 4.78 is 27.3. The summed E-state index contributed by atoms with van der Waals surface area (Å²) >= 11 is 3.42. The molecule has 0 aromatic carbocycles. The Bertz CT molecular complexity index is 251. The zero-order valence-electron chi connectivity index (χ0n) is 9.66. The minimum atomic E-state index is -3.25. The topological polar surface area (TPSA) is 49.4 Å². The summed E-state index contributed by atoms with van der Waals surface area (Å²) in [5.41, 5.74) is 0. The molecule has 15 heavy (non-hydrogen) atoms. The van der Waals surface area contributed by atoms with Crippen LogP contribution in [0.2, 0.25) is 0 Å². The van der Waals surface area contributed by atoms with E-state index in [4.69, 9.17) is 0 Å². The van der Waals surface area contributed by atoms with E-state index in [2.05, 4.69) is 27.6 Å². The number of nitrogens with one attached hydrogen (secondary N) is 1. The minimum Gasteiger partial charge on any atom is -0.202 e. The van der Waals surface area contributed by atoms with Crippen molar-refractivity contribution in [3.8, 4) is 0 Å². The lowest BCUT2D eigenvalue weighted by molar-refractivity contribution is 0.434. The van der Waals surface area contributed by atoms with Crippen molar-refractivity contribution in [3.63, 3.8) is 0 Å². The Morgan fingerprint density at radius 2 is 1.87 bits per heavy atom. The van der Waals surface area contributed by atoms with Crippen LogP contribution < -0.4 is 4.72 Å². The zero-order valence-corrected chi connectivity index (χ0v) is 12.1. The fourth-order valence-corrected chi connectivity index (χ4v) is 2.83. The molecule has 0 bridgehead atoms. The Labute approximate surface area is 102 Å². The Hall–Kier alpha value is 0.350. The summed E-state index contributed by atoms with van der Waals surface area (Å²) in [6.45, 7) is 7.27. The van der Waals surface area contributed by atoms with Crippen LogP contribution >= 0.6 is 15.9 Å². The molecule has 0 aromatic rings. The van der Waals surface area contributed by atoms with E-state index in [1.165, 1.54) is 4.31 Å². The summed E-state index contributed by atoms with van der Waals surface area (Å²) in [5, 5.41) is 0. The molecule has 0 aromatic heterocycles. The fourth-order valence-electron chi connectivity index (χ4n) is 1.24. The maximum absolute atomic E-state index is 11.6. The van der Waals surface area contributed by atoms with Crippen LogP contribution in [0.3, 0.4) is 0 Å². The molecule has 0 saturated heterocycles. The van der Waals surface area contributed by atoms with Crippen molar-refractivity contribution >= 4 is 26.1 Å². The molecule has 4 nitrogen and oxygen atoms in total. The first-order valence-electron chi connectivity index (χ1n) is 5.32. The van der Waals surface area contributed by atoms with E-state index in [1.54, 1.807) is 0 Å². The maximum atomic E-state index is 11.6. The summed E-state index contributed by atoms with van der Waals surface area (Å²) in [6.07, 6.45) is 1.83. The molecule has 0 saturated carbocycles. The van der Waals surface area contributed by atoms with Crippen molar-refractivity contribution in [2.75, 3.05) is 19.6 Å². The van der Waals surface area contributed by atoms with Crippen molar-refractivity contribution in [1.29, 1.82) is 0 Å². The van der Waals surface area contributed by atoms with E-state index >= 15 is 0 Å². The van der Waals surface area contributed by atoms with Crippen molar-refractivity contribution in [2.24, 2.45) is 0 Å². The van der Waals surface area contributed by atoms with Gasteiger partial charge in [0.15, 0.2) is 0 Å². The summed E-state index contributed by atoms with van der Waals surface area (Å²) in [6, 6.07) is 0. The van der Waals surface area contributed by atoms with Crippen LogP contribution in [0.25, 0.3) is 0 Å². The lowest BCUT2D eigenvalue weighted by atomic mass is 10.2. The minimum absolute atomic E-state index is 0.440. The highest BCUT2D eigenvalue weighted by Gasteiger charge is 2.16. The van der Waals surface area contributed by atoms with Gasteiger partial charge in [-0.1, -0.05) is 36.7 Å². The first kappa shape index (κ1) is 15.3. The van der Waals surface area contributed by atoms with E-state index < -0.39 is 10.2 Å². The lowest BCUT2D eigenvalue weighted by Crippen LogP contribution is -2.40. The molecule has 1 unspecified atom stereocenters. The number of nitrogens with zero attached hydrogens (tertiary/aromatic N) is 1. The van der Waals surface area contributed by atoms with E-state index in [1.807, 2.05) is 13.8 Å². The molecule has 0 aliphatic rings. The smallest absolute Gasteiger partial charge is 0.202 e. The quantitative estimate of drug-likeness (QED) is 0.548. The predicted octanol–water partition coefficient (Wildman–Crippen LogP) is 1.73. The monoisotopic (exact) mass is 300 g/mol. The molecule has 92 valence electrons. The summed E-state index contributed by atoms with van der Waals surface area (Å²) in [4.78, 5) is 0.440. The Kier molecular flexibility index (Phi) is 7.77. The van der Waals surface area contributed by atoms with Gasteiger partial charge in [-0.25, -0.2) is 4.72 Å². The second-order valence-corrected chi connectivity index (χ2v) is 6.73. The van der Waals surface area contributed by atoms with E-state index in [-0.39, 0.29) is 0 Å². The highest BCUT2D eigenvalue weighted by Crippen LogP contribution is 2.05. The van der Waals surface area contributed by atoms with Crippen LogP contribution in [0.1, 0.15) is 33.6 Å². The number of hydrogen-bond acceptors (Lipinski definition) is 2. The maximum Gasteiger partial charge on any atom is 0.279 e. The normalized spacial score (nSPS) is 14.5. The molecule has 0 aliphatic carbocycles. The third-order valence-corrected chi connectivity index (χ3v) is 4.33. The average Bonchev–Trinajstić information content (AvgIpc) is 2.14. The van der Waals surface area contributed by atoms with Gasteiger partial charge >= 0.3 is 0 Å². The highest BCUT2D eigenvalue weighted by molar-refractivity contribution is 9.09. The first-order chi connectivity index (χ1) is 6.94. The Morgan fingerprint density at radius 3 is 2.27 bits per heavy atom. The Balaban J connectivity index is 3.94. The lowest BCUT2D eigenvalue weighted by Gasteiger charge is -2.18. The van der Waals surface area contributed by atoms with Crippen molar-refractivity contribution in [1.82, 2.24) is 9.03 Å². The zero-order chi connectivity index (χ0) is 11.9. The van der Waals surface area contributed by atoms with Crippen LogP contribution in [0.15, 0.2) is 0 Å². The van der Waals surface area contributed by atoms with Crippen molar-refractivity contribution in [2.45, 2.75) is 38.4 Å². The molecule has 0 aliphatic heterocycles. The molecule has 0 heterocycles. The molecular weight excluding hydrogens is 280 g/mol. The molecule has 0 spiro atoms. The largest absolute Gasteiger partial charge is 0.279 e. The van der Waals surface area contributed by atoms with Crippen LogP contribution in [0.4, 0.5) is 0 Å². The number of rotatable bonds is 8.